The van der Waals surface area contributed by atoms with Gasteiger partial charge in [-0.2, -0.15) is 0 Å². The number of thiophene rings is 1. The molecule has 4 nitrogen and oxygen atoms in total. The molecule has 3 heterocycles. The third kappa shape index (κ3) is 3.22. The summed E-state index contributed by atoms with van der Waals surface area (Å²) in [5.74, 6) is 0.849. The molecule has 2 aromatic rings. The van der Waals surface area contributed by atoms with Crippen LogP contribution in [0.2, 0.25) is 0 Å². The van der Waals surface area contributed by atoms with E-state index in [0.29, 0.717) is 0 Å². The Bertz CT molecular complexity index is 741. The van der Waals surface area contributed by atoms with Gasteiger partial charge in [-0.25, -0.2) is 4.98 Å². The predicted octanol–water partition coefficient (Wildman–Crippen LogP) is 3.63. The van der Waals surface area contributed by atoms with E-state index >= 15 is 0 Å². The first-order valence-corrected chi connectivity index (χ1v) is 9.89. The number of aryl methyl sites for hydroxylation is 2. The lowest BCUT2D eigenvalue weighted by molar-refractivity contribution is 0.234. The fourth-order valence-corrected chi connectivity index (χ4v) is 5.25. The number of aromatic amines is 1. The standard InChI is InChI=1S/C18H25N3OS/c22-17-16-13-8-4-5-9-14(13)23-18(16)20-15(19-17)12-21-10-6-2-1-3-7-11-21/h1-12H2,(H,19,20,22). The van der Waals surface area contributed by atoms with Crippen molar-refractivity contribution in [3.63, 3.8) is 0 Å². The Morgan fingerprint density at radius 2 is 1.74 bits per heavy atom. The van der Waals surface area contributed by atoms with Crippen molar-refractivity contribution in [1.29, 1.82) is 0 Å². The number of hydrogen-bond acceptors (Lipinski definition) is 4. The summed E-state index contributed by atoms with van der Waals surface area (Å²) >= 11 is 1.75. The van der Waals surface area contributed by atoms with Crippen LogP contribution in [0.25, 0.3) is 10.2 Å². The van der Waals surface area contributed by atoms with Crippen molar-refractivity contribution in [1.82, 2.24) is 14.9 Å². The zero-order chi connectivity index (χ0) is 15.6. The molecule has 0 bridgehead atoms. The minimum Gasteiger partial charge on any atom is -0.309 e. The summed E-state index contributed by atoms with van der Waals surface area (Å²) < 4.78 is 0. The van der Waals surface area contributed by atoms with Gasteiger partial charge in [-0.05, 0) is 57.2 Å². The molecule has 0 unspecified atom stereocenters. The number of likely N-dealkylation sites (tertiary alicyclic amines) is 1. The summed E-state index contributed by atoms with van der Waals surface area (Å²) in [5.41, 5.74) is 1.36. The lowest BCUT2D eigenvalue weighted by Gasteiger charge is -2.23. The van der Waals surface area contributed by atoms with Gasteiger partial charge >= 0.3 is 0 Å². The number of hydrogen-bond donors (Lipinski definition) is 1. The van der Waals surface area contributed by atoms with Gasteiger partial charge in [0, 0.05) is 4.88 Å². The van der Waals surface area contributed by atoms with E-state index in [9.17, 15) is 4.79 Å². The number of nitrogens with zero attached hydrogens (tertiary/aromatic N) is 2. The van der Waals surface area contributed by atoms with E-state index in [2.05, 4.69) is 9.88 Å². The van der Waals surface area contributed by atoms with Crippen molar-refractivity contribution in [3.05, 3.63) is 26.6 Å². The molecule has 23 heavy (non-hydrogen) atoms. The van der Waals surface area contributed by atoms with Gasteiger partial charge < -0.3 is 4.98 Å². The molecule has 4 rings (SSSR count). The Hall–Kier alpha value is -1.20. The SMILES string of the molecule is O=c1[nH]c(CN2CCCCCCC2)nc2sc3c(c12)CCCC3. The van der Waals surface area contributed by atoms with E-state index in [0.717, 1.165) is 48.5 Å². The summed E-state index contributed by atoms with van der Waals surface area (Å²) in [4.78, 5) is 25.3. The highest BCUT2D eigenvalue weighted by molar-refractivity contribution is 7.18. The molecule has 0 atom stereocenters. The first kappa shape index (κ1) is 15.3. The number of aromatic nitrogens is 2. The zero-order valence-corrected chi connectivity index (χ0v) is 14.5. The molecule has 1 fully saturated rings. The molecule has 1 aliphatic heterocycles. The number of H-pyrrole nitrogens is 1. The Labute approximate surface area is 140 Å². The van der Waals surface area contributed by atoms with Crippen LogP contribution in [0, 0.1) is 0 Å². The number of nitrogens with one attached hydrogen (secondary N) is 1. The van der Waals surface area contributed by atoms with Gasteiger partial charge in [-0.1, -0.05) is 19.3 Å². The van der Waals surface area contributed by atoms with E-state index in [-0.39, 0.29) is 5.56 Å². The molecule has 1 saturated heterocycles. The maximum absolute atomic E-state index is 12.6. The summed E-state index contributed by atoms with van der Waals surface area (Å²) in [7, 11) is 0. The van der Waals surface area contributed by atoms with Crippen molar-refractivity contribution < 1.29 is 0 Å². The summed E-state index contributed by atoms with van der Waals surface area (Å²) in [5, 5.41) is 0.876. The second kappa shape index (κ2) is 6.73. The lowest BCUT2D eigenvalue weighted by Crippen LogP contribution is -2.28. The van der Waals surface area contributed by atoms with Crippen LogP contribution in [-0.4, -0.2) is 28.0 Å². The molecule has 0 amide bonds. The quantitative estimate of drug-likeness (QED) is 0.914. The van der Waals surface area contributed by atoms with Gasteiger partial charge in [-0.15, -0.1) is 11.3 Å². The van der Waals surface area contributed by atoms with Crippen LogP contribution in [0.1, 0.15) is 61.2 Å². The average Bonchev–Trinajstić information content (AvgIpc) is 2.88. The Morgan fingerprint density at radius 1 is 1.00 bits per heavy atom. The topological polar surface area (TPSA) is 49.0 Å². The highest BCUT2D eigenvalue weighted by atomic mass is 32.1. The molecule has 5 heteroatoms. The molecule has 0 saturated carbocycles. The van der Waals surface area contributed by atoms with Gasteiger partial charge in [0.05, 0.1) is 11.9 Å². The van der Waals surface area contributed by atoms with Crippen LogP contribution >= 0.6 is 11.3 Å². The third-order valence-corrected chi connectivity index (χ3v) is 6.38. The number of rotatable bonds is 2. The second-order valence-electron chi connectivity index (χ2n) is 6.95. The largest absolute Gasteiger partial charge is 0.309 e. The van der Waals surface area contributed by atoms with E-state index in [1.807, 2.05) is 0 Å². The normalized spacial score (nSPS) is 20.2. The monoisotopic (exact) mass is 331 g/mol. The molecule has 1 N–H and O–H groups in total. The second-order valence-corrected chi connectivity index (χ2v) is 8.03. The van der Waals surface area contributed by atoms with Crippen LogP contribution < -0.4 is 5.56 Å². The highest BCUT2D eigenvalue weighted by Gasteiger charge is 2.20. The summed E-state index contributed by atoms with van der Waals surface area (Å²) in [6.07, 6.45) is 11.2. The van der Waals surface area contributed by atoms with Crippen molar-refractivity contribution in [2.75, 3.05) is 13.1 Å². The first-order chi connectivity index (χ1) is 11.3. The first-order valence-electron chi connectivity index (χ1n) is 9.07. The van der Waals surface area contributed by atoms with Gasteiger partial charge in [0.1, 0.15) is 10.7 Å². The lowest BCUT2D eigenvalue weighted by atomic mass is 9.97. The molecule has 2 aromatic heterocycles. The third-order valence-electron chi connectivity index (χ3n) is 5.20. The van der Waals surface area contributed by atoms with E-state index < -0.39 is 0 Å². The van der Waals surface area contributed by atoms with Crippen molar-refractivity contribution in [2.45, 2.75) is 64.3 Å². The van der Waals surface area contributed by atoms with Gasteiger partial charge in [0.15, 0.2) is 0 Å². The molecule has 124 valence electrons. The highest BCUT2D eigenvalue weighted by Crippen LogP contribution is 2.33. The van der Waals surface area contributed by atoms with E-state index in [4.69, 9.17) is 4.98 Å². The molecule has 0 spiro atoms. The van der Waals surface area contributed by atoms with Crippen LogP contribution in [0.4, 0.5) is 0 Å². The van der Waals surface area contributed by atoms with Crippen molar-refractivity contribution in [3.8, 4) is 0 Å². The maximum Gasteiger partial charge on any atom is 0.259 e. The van der Waals surface area contributed by atoms with Gasteiger partial charge in [-0.3, -0.25) is 9.69 Å². The minimum atomic E-state index is 0.0800. The summed E-state index contributed by atoms with van der Waals surface area (Å²) in [6, 6.07) is 0. The molecule has 0 radical (unpaired) electrons. The Morgan fingerprint density at radius 3 is 2.57 bits per heavy atom. The van der Waals surface area contributed by atoms with Crippen LogP contribution in [0.3, 0.4) is 0 Å². The number of fused-ring (bicyclic) bond motifs is 3. The maximum atomic E-state index is 12.6. The molecule has 1 aliphatic carbocycles. The molecular weight excluding hydrogens is 306 g/mol. The van der Waals surface area contributed by atoms with E-state index in [1.54, 1.807) is 11.3 Å². The van der Waals surface area contributed by atoms with Crippen molar-refractivity contribution in [2.24, 2.45) is 0 Å². The Balaban J connectivity index is 1.62. The fraction of sp³-hybridized carbons (Fsp3) is 0.667. The zero-order valence-electron chi connectivity index (χ0n) is 13.7. The smallest absolute Gasteiger partial charge is 0.259 e. The van der Waals surface area contributed by atoms with E-state index in [1.165, 1.54) is 55.4 Å². The molecule has 0 aromatic carbocycles. The molecular formula is C18H25N3OS. The van der Waals surface area contributed by atoms with Crippen LogP contribution in [-0.2, 0) is 19.4 Å². The van der Waals surface area contributed by atoms with Gasteiger partial charge in [0.2, 0.25) is 0 Å². The fourth-order valence-electron chi connectivity index (χ4n) is 3.97. The molecule has 2 aliphatic rings. The Kier molecular flexibility index (Phi) is 4.49. The minimum absolute atomic E-state index is 0.0800. The average molecular weight is 331 g/mol. The predicted molar refractivity (Wildman–Crippen MR) is 95.2 cm³/mol. The van der Waals surface area contributed by atoms with Crippen LogP contribution in [0.5, 0.6) is 0 Å². The van der Waals surface area contributed by atoms with Gasteiger partial charge in [0.25, 0.3) is 5.56 Å². The van der Waals surface area contributed by atoms with Crippen LogP contribution in [0.15, 0.2) is 4.79 Å². The van der Waals surface area contributed by atoms with Crippen molar-refractivity contribution >= 4 is 21.6 Å². The summed E-state index contributed by atoms with van der Waals surface area (Å²) in [6.45, 7) is 3.04.